The lowest BCUT2D eigenvalue weighted by atomic mass is 10.1. The van der Waals surface area contributed by atoms with Gasteiger partial charge in [0.15, 0.2) is 0 Å². The van der Waals surface area contributed by atoms with Crippen molar-refractivity contribution in [3.8, 4) is 0 Å². The Morgan fingerprint density at radius 1 is 1.53 bits per heavy atom. The Bertz CT molecular complexity index is 330. The number of aliphatic hydroxyl groups is 1. The molecule has 0 bridgehead atoms. The van der Waals surface area contributed by atoms with Crippen LogP contribution in [0.3, 0.4) is 0 Å². The summed E-state index contributed by atoms with van der Waals surface area (Å²) in [6.45, 7) is 7.74. The smallest absolute Gasteiger partial charge is 0.133 e. The molecule has 1 heterocycles. The SMILES string of the molecule is C=C(Cl)CC(O)c1ccc(C(C)CC)o1. The third kappa shape index (κ3) is 3.40. The monoisotopic (exact) mass is 228 g/mol. The number of hydrogen-bond acceptors (Lipinski definition) is 2. The van der Waals surface area contributed by atoms with Crippen molar-refractivity contribution in [2.24, 2.45) is 0 Å². The number of furan rings is 1. The van der Waals surface area contributed by atoms with Crippen molar-refractivity contribution in [2.75, 3.05) is 0 Å². The molecule has 1 rings (SSSR count). The maximum absolute atomic E-state index is 9.72. The van der Waals surface area contributed by atoms with Crippen LogP contribution in [-0.4, -0.2) is 5.11 Å². The first kappa shape index (κ1) is 12.3. The molecule has 2 atom stereocenters. The van der Waals surface area contributed by atoms with Gasteiger partial charge in [-0.1, -0.05) is 32.0 Å². The molecular formula is C12H17ClO2. The first-order valence-corrected chi connectivity index (χ1v) is 5.53. The zero-order valence-corrected chi connectivity index (χ0v) is 9.92. The highest BCUT2D eigenvalue weighted by atomic mass is 35.5. The average molecular weight is 229 g/mol. The average Bonchev–Trinajstić information content (AvgIpc) is 2.64. The van der Waals surface area contributed by atoms with E-state index in [9.17, 15) is 5.11 Å². The molecule has 0 radical (unpaired) electrons. The highest BCUT2D eigenvalue weighted by molar-refractivity contribution is 6.29. The van der Waals surface area contributed by atoms with Gasteiger partial charge in [-0.2, -0.15) is 0 Å². The van der Waals surface area contributed by atoms with Gasteiger partial charge in [-0.3, -0.25) is 0 Å². The van der Waals surface area contributed by atoms with Crippen LogP contribution in [0.4, 0.5) is 0 Å². The second kappa shape index (κ2) is 5.38. The van der Waals surface area contributed by atoms with Crippen LogP contribution < -0.4 is 0 Å². The molecular weight excluding hydrogens is 212 g/mol. The third-order valence-electron chi connectivity index (χ3n) is 2.49. The third-order valence-corrected chi connectivity index (χ3v) is 2.64. The molecule has 0 saturated carbocycles. The molecule has 1 aromatic heterocycles. The van der Waals surface area contributed by atoms with Crippen LogP contribution in [0.5, 0.6) is 0 Å². The van der Waals surface area contributed by atoms with Gasteiger partial charge in [0, 0.05) is 17.4 Å². The summed E-state index contributed by atoms with van der Waals surface area (Å²) in [5.41, 5.74) is 0. The van der Waals surface area contributed by atoms with Crippen LogP contribution in [0, 0.1) is 0 Å². The Kier molecular flexibility index (Phi) is 4.43. The summed E-state index contributed by atoms with van der Waals surface area (Å²) in [5.74, 6) is 1.85. The molecule has 0 aliphatic carbocycles. The van der Waals surface area contributed by atoms with E-state index < -0.39 is 6.10 Å². The van der Waals surface area contributed by atoms with Gasteiger partial charge in [0.25, 0.3) is 0 Å². The van der Waals surface area contributed by atoms with Gasteiger partial charge in [0.1, 0.15) is 17.6 Å². The van der Waals surface area contributed by atoms with Gasteiger partial charge in [-0.25, -0.2) is 0 Å². The van der Waals surface area contributed by atoms with Crippen LogP contribution in [0.2, 0.25) is 0 Å². The van der Waals surface area contributed by atoms with E-state index in [0.717, 1.165) is 12.2 Å². The zero-order chi connectivity index (χ0) is 11.4. The minimum absolute atomic E-state index is 0.328. The Morgan fingerprint density at radius 2 is 2.13 bits per heavy atom. The molecule has 0 aliphatic heterocycles. The summed E-state index contributed by atoms with van der Waals surface area (Å²) in [6.07, 6.45) is 0.660. The molecule has 2 nitrogen and oxygen atoms in total. The Balaban J connectivity index is 2.70. The quantitative estimate of drug-likeness (QED) is 0.827. The lowest BCUT2D eigenvalue weighted by molar-refractivity contribution is 0.149. The highest BCUT2D eigenvalue weighted by Gasteiger charge is 2.15. The lowest BCUT2D eigenvalue weighted by Gasteiger charge is -2.07. The molecule has 3 heteroatoms. The van der Waals surface area contributed by atoms with Crippen LogP contribution >= 0.6 is 11.6 Å². The van der Waals surface area contributed by atoms with E-state index >= 15 is 0 Å². The predicted molar refractivity (Wildman–Crippen MR) is 62.0 cm³/mol. The van der Waals surface area contributed by atoms with Crippen molar-refractivity contribution in [3.63, 3.8) is 0 Å². The van der Waals surface area contributed by atoms with Gasteiger partial charge in [0.2, 0.25) is 0 Å². The summed E-state index contributed by atoms with van der Waals surface area (Å²) in [7, 11) is 0. The molecule has 0 fully saturated rings. The molecule has 0 spiro atoms. The number of hydrogen-bond donors (Lipinski definition) is 1. The molecule has 84 valence electrons. The second-order valence-corrected chi connectivity index (χ2v) is 4.32. The maximum Gasteiger partial charge on any atom is 0.133 e. The fourth-order valence-corrected chi connectivity index (χ4v) is 1.47. The summed E-state index contributed by atoms with van der Waals surface area (Å²) in [4.78, 5) is 0. The van der Waals surface area contributed by atoms with Crippen molar-refractivity contribution < 1.29 is 9.52 Å². The van der Waals surface area contributed by atoms with Gasteiger partial charge >= 0.3 is 0 Å². The fourth-order valence-electron chi connectivity index (χ4n) is 1.32. The number of halogens is 1. The largest absolute Gasteiger partial charge is 0.463 e. The summed E-state index contributed by atoms with van der Waals surface area (Å²) in [5, 5.41) is 10.2. The summed E-state index contributed by atoms with van der Waals surface area (Å²) < 4.78 is 5.55. The zero-order valence-electron chi connectivity index (χ0n) is 9.16. The number of aliphatic hydroxyl groups excluding tert-OH is 1. The number of rotatable bonds is 5. The Morgan fingerprint density at radius 3 is 2.67 bits per heavy atom. The topological polar surface area (TPSA) is 33.4 Å². The molecule has 0 aromatic carbocycles. The molecule has 0 saturated heterocycles. The minimum Gasteiger partial charge on any atom is -0.463 e. The predicted octanol–water partition coefficient (Wildman–Crippen LogP) is 3.97. The Hall–Kier alpha value is -0.730. The van der Waals surface area contributed by atoms with E-state index in [4.69, 9.17) is 16.0 Å². The summed E-state index contributed by atoms with van der Waals surface area (Å²) in [6, 6.07) is 3.70. The first-order valence-electron chi connectivity index (χ1n) is 5.15. The van der Waals surface area contributed by atoms with E-state index in [1.165, 1.54) is 0 Å². The van der Waals surface area contributed by atoms with E-state index in [-0.39, 0.29) is 0 Å². The standard InChI is InChI=1S/C12H17ClO2/c1-4-8(2)11-5-6-12(15-11)10(14)7-9(3)13/h5-6,8,10,14H,3-4,7H2,1-2H3. The van der Waals surface area contributed by atoms with E-state index in [1.807, 2.05) is 6.07 Å². The van der Waals surface area contributed by atoms with Gasteiger partial charge in [-0.15, -0.1) is 0 Å². The van der Waals surface area contributed by atoms with Crippen molar-refractivity contribution in [2.45, 2.75) is 38.7 Å². The minimum atomic E-state index is -0.687. The summed E-state index contributed by atoms with van der Waals surface area (Å²) >= 11 is 5.62. The molecule has 2 unspecified atom stereocenters. The first-order chi connectivity index (χ1) is 7.04. The molecule has 1 N–H and O–H groups in total. The van der Waals surface area contributed by atoms with E-state index in [0.29, 0.717) is 23.1 Å². The van der Waals surface area contributed by atoms with E-state index in [2.05, 4.69) is 20.4 Å². The van der Waals surface area contributed by atoms with Crippen LogP contribution in [0.25, 0.3) is 0 Å². The van der Waals surface area contributed by atoms with Gasteiger partial charge in [-0.05, 0) is 18.6 Å². The second-order valence-electron chi connectivity index (χ2n) is 3.79. The van der Waals surface area contributed by atoms with Crippen LogP contribution in [-0.2, 0) is 0 Å². The van der Waals surface area contributed by atoms with Crippen molar-refractivity contribution in [1.82, 2.24) is 0 Å². The van der Waals surface area contributed by atoms with Crippen LogP contribution in [0.15, 0.2) is 28.2 Å². The molecule has 0 amide bonds. The lowest BCUT2D eigenvalue weighted by Crippen LogP contribution is -1.95. The van der Waals surface area contributed by atoms with Crippen LogP contribution in [0.1, 0.15) is 50.2 Å². The van der Waals surface area contributed by atoms with Crippen molar-refractivity contribution >= 4 is 11.6 Å². The molecule has 1 aromatic rings. The Labute approximate surface area is 95.6 Å². The van der Waals surface area contributed by atoms with Gasteiger partial charge < -0.3 is 9.52 Å². The van der Waals surface area contributed by atoms with Crippen molar-refractivity contribution in [1.29, 1.82) is 0 Å². The highest BCUT2D eigenvalue weighted by Crippen LogP contribution is 2.27. The molecule has 15 heavy (non-hydrogen) atoms. The van der Waals surface area contributed by atoms with E-state index in [1.54, 1.807) is 6.07 Å². The van der Waals surface area contributed by atoms with Crippen molar-refractivity contribution in [3.05, 3.63) is 35.3 Å². The normalized spacial score (nSPS) is 14.9. The maximum atomic E-state index is 9.72. The fraction of sp³-hybridized carbons (Fsp3) is 0.500. The molecule has 0 aliphatic rings. The van der Waals surface area contributed by atoms with Gasteiger partial charge in [0.05, 0.1) is 0 Å².